The number of aryl methyl sites for hydroxylation is 1. The minimum absolute atomic E-state index is 0.105. The van der Waals surface area contributed by atoms with Crippen molar-refractivity contribution in [2.24, 2.45) is 0 Å². The summed E-state index contributed by atoms with van der Waals surface area (Å²) in [6, 6.07) is 22.5. The molecular weight excluding hydrogens is 462 g/mol. The Balaban J connectivity index is 1.31. The van der Waals surface area contributed by atoms with Crippen LogP contribution in [0.15, 0.2) is 66.7 Å². The molecule has 1 heterocycles. The molecule has 194 valence electrons. The number of fused-ring (bicyclic) bond motifs is 1. The van der Waals surface area contributed by atoms with Crippen molar-refractivity contribution in [2.75, 3.05) is 20.8 Å². The van der Waals surface area contributed by atoms with Crippen molar-refractivity contribution >= 4 is 16.9 Å². The highest BCUT2D eigenvalue weighted by molar-refractivity contribution is 5.94. The molecule has 4 aromatic rings. The summed E-state index contributed by atoms with van der Waals surface area (Å²) in [5.41, 5.74) is 5.42. The number of amides is 1. The highest BCUT2D eigenvalue weighted by Gasteiger charge is 2.12. The summed E-state index contributed by atoms with van der Waals surface area (Å²) < 4.78 is 12.9. The SMILES string of the molecule is COc1ccc(C(=O)NCCCCCc2nc3ccccc3n2Cc2ccc(C(C)C)cc2)cc1OC. The number of rotatable bonds is 12. The molecule has 0 bridgehead atoms. The second kappa shape index (κ2) is 12.4. The summed E-state index contributed by atoms with van der Waals surface area (Å²) in [6.07, 6.45) is 3.85. The average molecular weight is 500 g/mol. The van der Waals surface area contributed by atoms with Crippen LogP contribution < -0.4 is 14.8 Å². The number of ether oxygens (including phenoxy) is 2. The summed E-state index contributed by atoms with van der Waals surface area (Å²) in [4.78, 5) is 17.5. The normalized spacial score (nSPS) is 11.2. The van der Waals surface area contributed by atoms with Crippen LogP contribution in [-0.4, -0.2) is 36.2 Å². The fourth-order valence-electron chi connectivity index (χ4n) is 4.55. The van der Waals surface area contributed by atoms with Gasteiger partial charge in [0.15, 0.2) is 11.5 Å². The van der Waals surface area contributed by atoms with Gasteiger partial charge in [0.25, 0.3) is 5.91 Å². The van der Waals surface area contributed by atoms with Crippen molar-refractivity contribution in [1.82, 2.24) is 14.9 Å². The Morgan fingerprint density at radius 2 is 1.68 bits per heavy atom. The maximum Gasteiger partial charge on any atom is 0.251 e. The number of carbonyl (C=O) groups is 1. The van der Waals surface area contributed by atoms with Crippen molar-refractivity contribution in [3.05, 3.63) is 89.2 Å². The van der Waals surface area contributed by atoms with Gasteiger partial charge in [-0.15, -0.1) is 0 Å². The highest BCUT2D eigenvalue weighted by atomic mass is 16.5. The molecule has 37 heavy (non-hydrogen) atoms. The van der Waals surface area contributed by atoms with Gasteiger partial charge in [-0.2, -0.15) is 0 Å². The molecule has 1 aromatic heterocycles. The molecule has 0 unspecified atom stereocenters. The number of aromatic nitrogens is 2. The van der Waals surface area contributed by atoms with Crippen molar-refractivity contribution < 1.29 is 14.3 Å². The maximum absolute atomic E-state index is 12.5. The number of carbonyl (C=O) groups excluding carboxylic acids is 1. The molecule has 1 amide bonds. The summed E-state index contributed by atoms with van der Waals surface area (Å²) in [5.74, 6) is 2.70. The Morgan fingerprint density at radius 1 is 0.919 bits per heavy atom. The zero-order valence-electron chi connectivity index (χ0n) is 22.3. The highest BCUT2D eigenvalue weighted by Crippen LogP contribution is 2.27. The molecule has 0 saturated carbocycles. The predicted octanol–water partition coefficient (Wildman–Crippen LogP) is 6.37. The monoisotopic (exact) mass is 499 g/mol. The molecule has 0 fully saturated rings. The number of nitrogens with one attached hydrogen (secondary N) is 1. The lowest BCUT2D eigenvalue weighted by atomic mass is 10.0. The first kappa shape index (κ1) is 26.3. The van der Waals surface area contributed by atoms with Gasteiger partial charge in [0.05, 0.1) is 25.3 Å². The third-order valence-corrected chi connectivity index (χ3v) is 6.73. The number of para-hydroxylation sites is 2. The van der Waals surface area contributed by atoms with Crippen LogP contribution in [0.4, 0.5) is 0 Å². The smallest absolute Gasteiger partial charge is 0.251 e. The summed E-state index contributed by atoms with van der Waals surface area (Å²) in [7, 11) is 3.15. The quantitative estimate of drug-likeness (QED) is 0.230. The van der Waals surface area contributed by atoms with E-state index in [2.05, 4.69) is 66.2 Å². The number of hydrogen-bond acceptors (Lipinski definition) is 4. The van der Waals surface area contributed by atoms with E-state index in [1.54, 1.807) is 32.4 Å². The van der Waals surface area contributed by atoms with Gasteiger partial charge in [0.2, 0.25) is 0 Å². The molecule has 0 atom stereocenters. The van der Waals surface area contributed by atoms with Crippen LogP contribution in [0.1, 0.15) is 66.3 Å². The molecule has 1 N–H and O–H groups in total. The van der Waals surface area contributed by atoms with Crippen molar-refractivity contribution in [3.8, 4) is 11.5 Å². The summed E-state index contributed by atoms with van der Waals surface area (Å²) >= 11 is 0. The molecule has 0 aliphatic rings. The Kier molecular flexibility index (Phi) is 8.83. The van der Waals surface area contributed by atoms with Crippen LogP contribution in [-0.2, 0) is 13.0 Å². The van der Waals surface area contributed by atoms with E-state index in [-0.39, 0.29) is 5.91 Å². The van der Waals surface area contributed by atoms with Crippen LogP contribution in [0.2, 0.25) is 0 Å². The van der Waals surface area contributed by atoms with Crippen LogP contribution in [0.3, 0.4) is 0 Å². The van der Waals surface area contributed by atoms with E-state index >= 15 is 0 Å². The number of unbranched alkanes of at least 4 members (excludes halogenated alkanes) is 2. The van der Waals surface area contributed by atoms with Gasteiger partial charge in [-0.05, 0) is 60.2 Å². The van der Waals surface area contributed by atoms with Gasteiger partial charge in [-0.25, -0.2) is 4.98 Å². The first-order valence-electron chi connectivity index (χ1n) is 13.0. The van der Waals surface area contributed by atoms with Gasteiger partial charge in [0.1, 0.15) is 5.82 Å². The third-order valence-electron chi connectivity index (χ3n) is 6.73. The second-order valence-corrected chi connectivity index (χ2v) is 9.64. The van der Waals surface area contributed by atoms with E-state index < -0.39 is 0 Å². The van der Waals surface area contributed by atoms with Crippen LogP contribution in [0, 0.1) is 0 Å². The van der Waals surface area contributed by atoms with Crippen LogP contribution in [0.25, 0.3) is 11.0 Å². The Morgan fingerprint density at radius 3 is 2.41 bits per heavy atom. The first-order valence-corrected chi connectivity index (χ1v) is 13.0. The van der Waals surface area contributed by atoms with Gasteiger partial charge in [-0.1, -0.05) is 56.7 Å². The molecule has 0 radical (unpaired) electrons. The van der Waals surface area contributed by atoms with Crippen LogP contribution in [0.5, 0.6) is 11.5 Å². The van der Waals surface area contributed by atoms with Gasteiger partial charge >= 0.3 is 0 Å². The standard InChI is InChI=1S/C31H37N3O3/c1-22(2)24-15-13-23(14-16-24)21-34-27-11-8-7-10-26(27)33-30(34)12-6-5-9-19-32-31(35)25-17-18-28(36-3)29(20-25)37-4/h7-8,10-11,13-18,20,22H,5-6,9,12,19,21H2,1-4H3,(H,32,35). The lowest BCUT2D eigenvalue weighted by Crippen LogP contribution is -2.24. The number of benzene rings is 3. The van der Waals surface area contributed by atoms with Gasteiger partial charge < -0.3 is 19.4 Å². The van der Waals surface area contributed by atoms with E-state index in [0.29, 0.717) is 29.5 Å². The largest absolute Gasteiger partial charge is 0.493 e. The fourth-order valence-corrected chi connectivity index (χ4v) is 4.55. The Hall–Kier alpha value is -3.80. The lowest BCUT2D eigenvalue weighted by Gasteiger charge is -2.12. The van der Waals surface area contributed by atoms with Crippen molar-refractivity contribution in [3.63, 3.8) is 0 Å². The molecule has 3 aromatic carbocycles. The molecule has 0 aliphatic heterocycles. The molecule has 6 heteroatoms. The zero-order chi connectivity index (χ0) is 26.2. The molecule has 4 rings (SSSR count). The number of nitrogens with zero attached hydrogens (tertiary/aromatic N) is 2. The predicted molar refractivity (Wildman–Crippen MR) is 149 cm³/mol. The van der Waals surface area contributed by atoms with E-state index in [1.165, 1.54) is 16.6 Å². The Labute approximate surface area is 219 Å². The Bertz CT molecular complexity index is 1330. The summed E-state index contributed by atoms with van der Waals surface area (Å²) in [6.45, 7) is 5.89. The average Bonchev–Trinajstić information content (AvgIpc) is 3.27. The molecule has 6 nitrogen and oxygen atoms in total. The summed E-state index contributed by atoms with van der Waals surface area (Å²) in [5, 5.41) is 3.01. The number of methoxy groups -OCH3 is 2. The maximum atomic E-state index is 12.5. The van der Waals surface area contributed by atoms with Crippen molar-refractivity contribution in [2.45, 2.75) is 52.0 Å². The molecule has 0 saturated heterocycles. The van der Waals surface area contributed by atoms with Gasteiger partial charge in [-0.3, -0.25) is 4.79 Å². The van der Waals surface area contributed by atoms with E-state index in [4.69, 9.17) is 14.5 Å². The number of hydrogen-bond donors (Lipinski definition) is 1. The zero-order valence-corrected chi connectivity index (χ0v) is 22.3. The molecule has 0 spiro atoms. The molecule has 0 aliphatic carbocycles. The fraction of sp³-hybridized carbons (Fsp3) is 0.355. The van der Waals surface area contributed by atoms with E-state index in [0.717, 1.165) is 43.6 Å². The van der Waals surface area contributed by atoms with E-state index in [1.807, 2.05) is 6.07 Å². The first-order chi connectivity index (χ1) is 18.0. The van der Waals surface area contributed by atoms with E-state index in [9.17, 15) is 4.79 Å². The minimum atomic E-state index is -0.105. The third kappa shape index (κ3) is 6.50. The lowest BCUT2D eigenvalue weighted by molar-refractivity contribution is 0.0952. The number of imidazole rings is 1. The van der Waals surface area contributed by atoms with Gasteiger partial charge in [0, 0.05) is 25.1 Å². The molecular formula is C31H37N3O3. The van der Waals surface area contributed by atoms with Crippen LogP contribution >= 0.6 is 0 Å². The second-order valence-electron chi connectivity index (χ2n) is 9.64. The topological polar surface area (TPSA) is 65.4 Å². The minimum Gasteiger partial charge on any atom is -0.493 e. The van der Waals surface area contributed by atoms with Crippen molar-refractivity contribution in [1.29, 1.82) is 0 Å².